The lowest BCUT2D eigenvalue weighted by molar-refractivity contribution is 0.126. The molecule has 0 saturated heterocycles. The van der Waals surface area contributed by atoms with E-state index in [9.17, 15) is 0 Å². The van der Waals surface area contributed by atoms with Crippen LogP contribution in [0.2, 0.25) is 0 Å². The number of nitrogens with zero attached hydrogens (tertiary/aromatic N) is 2. The molecule has 3 nitrogen and oxygen atoms in total. The van der Waals surface area contributed by atoms with Gasteiger partial charge >= 0.3 is 0 Å². The standard InChI is InChI=1S/C15H24BrN3/c1-11-3-5-14(6-4-11)19(2)15(8-17)12-7-13(16)10-18-9-12/h7,9-11,14-15H,3-6,8,17H2,1-2H3. The third-order valence-electron chi connectivity index (χ3n) is 4.39. The number of likely N-dealkylation sites (N-methyl/N-ethyl adjacent to an activating group) is 1. The van der Waals surface area contributed by atoms with Crippen LogP contribution in [0, 0.1) is 5.92 Å². The van der Waals surface area contributed by atoms with Crippen LogP contribution >= 0.6 is 15.9 Å². The van der Waals surface area contributed by atoms with E-state index in [1.807, 2.05) is 12.4 Å². The SMILES string of the molecule is CC1CCC(N(C)C(CN)c2cncc(Br)c2)CC1. The predicted molar refractivity (Wildman–Crippen MR) is 82.9 cm³/mol. The van der Waals surface area contributed by atoms with E-state index in [4.69, 9.17) is 5.73 Å². The van der Waals surface area contributed by atoms with Gasteiger partial charge in [0.05, 0.1) is 0 Å². The third-order valence-corrected chi connectivity index (χ3v) is 4.82. The monoisotopic (exact) mass is 325 g/mol. The number of pyridine rings is 1. The number of halogens is 1. The van der Waals surface area contributed by atoms with E-state index < -0.39 is 0 Å². The molecule has 0 amide bonds. The van der Waals surface area contributed by atoms with Crippen molar-refractivity contribution in [2.24, 2.45) is 11.7 Å². The summed E-state index contributed by atoms with van der Waals surface area (Å²) in [7, 11) is 2.21. The van der Waals surface area contributed by atoms with Gasteiger partial charge in [-0.25, -0.2) is 0 Å². The van der Waals surface area contributed by atoms with Crippen LogP contribution in [0.15, 0.2) is 22.9 Å². The summed E-state index contributed by atoms with van der Waals surface area (Å²) >= 11 is 3.49. The highest BCUT2D eigenvalue weighted by Gasteiger charge is 2.26. The summed E-state index contributed by atoms with van der Waals surface area (Å²) in [5.74, 6) is 0.883. The summed E-state index contributed by atoms with van der Waals surface area (Å²) in [4.78, 5) is 6.72. The second kappa shape index (κ2) is 6.82. The fourth-order valence-corrected chi connectivity index (χ4v) is 3.43. The maximum Gasteiger partial charge on any atom is 0.0485 e. The van der Waals surface area contributed by atoms with E-state index in [1.54, 1.807) is 0 Å². The van der Waals surface area contributed by atoms with Gasteiger partial charge in [0.2, 0.25) is 0 Å². The Kier molecular flexibility index (Phi) is 5.37. The fraction of sp³-hybridized carbons (Fsp3) is 0.667. The van der Waals surface area contributed by atoms with Gasteiger partial charge in [-0.05, 0) is 66.2 Å². The fourth-order valence-electron chi connectivity index (χ4n) is 3.05. The molecule has 19 heavy (non-hydrogen) atoms. The van der Waals surface area contributed by atoms with Gasteiger partial charge in [-0.15, -0.1) is 0 Å². The van der Waals surface area contributed by atoms with E-state index in [0.29, 0.717) is 12.6 Å². The summed E-state index contributed by atoms with van der Waals surface area (Å²) in [5, 5.41) is 0. The molecule has 1 heterocycles. The lowest BCUT2D eigenvalue weighted by Gasteiger charge is -2.38. The van der Waals surface area contributed by atoms with E-state index in [0.717, 1.165) is 10.4 Å². The Morgan fingerprint density at radius 3 is 2.63 bits per heavy atom. The van der Waals surface area contributed by atoms with Gasteiger partial charge in [-0.2, -0.15) is 0 Å². The maximum absolute atomic E-state index is 6.01. The number of hydrogen-bond acceptors (Lipinski definition) is 3. The second-order valence-electron chi connectivity index (χ2n) is 5.77. The van der Waals surface area contributed by atoms with Crippen LogP contribution in [0.5, 0.6) is 0 Å². The summed E-state index contributed by atoms with van der Waals surface area (Å²) < 4.78 is 1.02. The number of aromatic nitrogens is 1. The van der Waals surface area contributed by atoms with Gasteiger partial charge in [0.1, 0.15) is 0 Å². The number of nitrogens with two attached hydrogens (primary N) is 1. The van der Waals surface area contributed by atoms with Crippen LogP contribution in [-0.2, 0) is 0 Å². The van der Waals surface area contributed by atoms with Gasteiger partial charge in [0, 0.05) is 35.5 Å². The Hall–Kier alpha value is -0.450. The molecular formula is C15H24BrN3. The first-order valence-corrected chi connectivity index (χ1v) is 7.93. The van der Waals surface area contributed by atoms with Crippen molar-refractivity contribution in [3.8, 4) is 0 Å². The average Bonchev–Trinajstić information content (AvgIpc) is 2.40. The van der Waals surface area contributed by atoms with Crippen molar-refractivity contribution in [2.45, 2.75) is 44.7 Å². The molecule has 1 aliphatic carbocycles. The minimum absolute atomic E-state index is 0.267. The van der Waals surface area contributed by atoms with Gasteiger partial charge in [-0.1, -0.05) is 6.92 Å². The van der Waals surface area contributed by atoms with E-state index >= 15 is 0 Å². The molecule has 1 aromatic rings. The Bertz CT molecular complexity index is 402. The highest BCUT2D eigenvalue weighted by Crippen LogP contribution is 2.31. The van der Waals surface area contributed by atoms with Gasteiger partial charge in [0.25, 0.3) is 0 Å². The molecule has 2 N–H and O–H groups in total. The summed E-state index contributed by atoms with van der Waals surface area (Å²) in [6.45, 7) is 3.00. The van der Waals surface area contributed by atoms with Crippen LogP contribution in [0.3, 0.4) is 0 Å². The van der Waals surface area contributed by atoms with Gasteiger partial charge < -0.3 is 5.73 Å². The second-order valence-corrected chi connectivity index (χ2v) is 6.68. The number of hydrogen-bond donors (Lipinski definition) is 1. The zero-order valence-electron chi connectivity index (χ0n) is 11.8. The maximum atomic E-state index is 6.01. The smallest absolute Gasteiger partial charge is 0.0485 e. The molecule has 1 unspecified atom stereocenters. The van der Waals surface area contributed by atoms with Crippen LogP contribution in [-0.4, -0.2) is 29.5 Å². The molecule has 4 heteroatoms. The predicted octanol–water partition coefficient (Wildman–Crippen LogP) is 3.35. The molecular weight excluding hydrogens is 302 g/mol. The molecule has 0 radical (unpaired) electrons. The molecule has 1 aliphatic rings. The van der Waals surface area contributed by atoms with Crippen LogP contribution in [0.4, 0.5) is 0 Å². The van der Waals surface area contributed by atoms with Crippen molar-refractivity contribution < 1.29 is 0 Å². The summed E-state index contributed by atoms with van der Waals surface area (Å²) in [6.07, 6.45) is 9.00. The quantitative estimate of drug-likeness (QED) is 0.923. The first kappa shape index (κ1) is 14.9. The Morgan fingerprint density at radius 1 is 1.37 bits per heavy atom. The molecule has 0 spiro atoms. The van der Waals surface area contributed by atoms with E-state index in [2.05, 4.69) is 45.9 Å². The largest absolute Gasteiger partial charge is 0.329 e. The lowest BCUT2D eigenvalue weighted by atomic mass is 9.86. The van der Waals surface area contributed by atoms with E-state index in [1.165, 1.54) is 31.2 Å². The first-order valence-electron chi connectivity index (χ1n) is 7.14. The first-order chi connectivity index (χ1) is 9.11. The Labute approximate surface area is 124 Å². The molecule has 1 atom stereocenters. The minimum atomic E-state index is 0.267. The zero-order valence-corrected chi connectivity index (χ0v) is 13.4. The van der Waals surface area contributed by atoms with Crippen LogP contribution in [0.25, 0.3) is 0 Å². The van der Waals surface area contributed by atoms with Crippen molar-refractivity contribution >= 4 is 15.9 Å². The van der Waals surface area contributed by atoms with E-state index in [-0.39, 0.29) is 6.04 Å². The minimum Gasteiger partial charge on any atom is -0.329 e. The molecule has 1 saturated carbocycles. The van der Waals surface area contributed by atoms with Crippen molar-refractivity contribution in [3.05, 3.63) is 28.5 Å². The van der Waals surface area contributed by atoms with Crippen molar-refractivity contribution in [3.63, 3.8) is 0 Å². The topological polar surface area (TPSA) is 42.1 Å². The molecule has 0 bridgehead atoms. The highest BCUT2D eigenvalue weighted by atomic mass is 79.9. The van der Waals surface area contributed by atoms with Crippen molar-refractivity contribution in [2.75, 3.05) is 13.6 Å². The zero-order chi connectivity index (χ0) is 13.8. The summed E-state index contributed by atoms with van der Waals surface area (Å²) in [5.41, 5.74) is 7.21. The molecule has 1 fully saturated rings. The van der Waals surface area contributed by atoms with Crippen LogP contribution in [0.1, 0.15) is 44.2 Å². The molecule has 0 aliphatic heterocycles. The van der Waals surface area contributed by atoms with Crippen molar-refractivity contribution in [1.82, 2.24) is 9.88 Å². The average molecular weight is 326 g/mol. The van der Waals surface area contributed by atoms with Crippen molar-refractivity contribution in [1.29, 1.82) is 0 Å². The highest BCUT2D eigenvalue weighted by molar-refractivity contribution is 9.10. The Morgan fingerprint density at radius 2 is 2.05 bits per heavy atom. The molecule has 2 rings (SSSR count). The number of rotatable bonds is 4. The van der Waals surface area contributed by atoms with Gasteiger partial charge in [-0.3, -0.25) is 9.88 Å². The molecule has 1 aromatic heterocycles. The third kappa shape index (κ3) is 3.77. The normalized spacial score (nSPS) is 25.5. The van der Waals surface area contributed by atoms with Gasteiger partial charge in [0.15, 0.2) is 0 Å². The Balaban J connectivity index is 2.08. The molecule has 0 aromatic carbocycles. The van der Waals surface area contributed by atoms with Crippen LogP contribution < -0.4 is 5.73 Å². The molecule has 106 valence electrons. The lowest BCUT2D eigenvalue weighted by Crippen LogP contribution is -2.40. The summed E-state index contributed by atoms with van der Waals surface area (Å²) in [6, 6.07) is 3.05.